The first kappa shape index (κ1) is 14.3. The lowest BCUT2D eigenvalue weighted by Gasteiger charge is -2.19. The van der Waals surface area contributed by atoms with Crippen molar-refractivity contribution in [3.63, 3.8) is 0 Å². The van der Waals surface area contributed by atoms with E-state index in [1.807, 2.05) is 0 Å². The summed E-state index contributed by atoms with van der Waals surface area (Å²) in [6.45, 7) is 3.07. The second kappa shape index (κ2) is 8.14. The van der Waals surface area contributed by atoms with E-state index in [0.29, 0.717) is 6.42 Å². The second-order valence-electron chi connectivity index (χ2n) is 5.09. The third-order valence-electron chi connectivity index (χ3n) is 3.41. The van der Waals surface area contributed by atoms with Gasteiger partial charge in [-0.2, -0.15) is 5.26 Å². The molecule has 2 rings (SSSR count). The Hall–Kier alpha value is -2.11. The van der Waals surface area contributed by atoms with Crippen LogP contribution in [0.1, 0.15) is 24.0 Å². The van der Waals surface area contributed by atoms with Crippen LogP contribution in [0.2, 0.25) is 0 Å². The van der Waals surface area contributed by atoms with Crippen molar-refractivity contribution in [2.45, 2.75) is 25.9 Å². The van der Waals surface area contributed by atoms with Crippen molar-refractivity contribution >= 4 is 0 Å². The fraction of sp³-hybridized carbons (Fsp3) is 0.278. The zero-order chi connectivity index (χ0) is 14.0. The van der Waals surface area contributed by atoms with Gasteiger partial charge in [0, 0.05) is 24.0 Å². The fourth-order valence-corrected chi connectivity index (χ4v) is 2.43. The molecule has 0 atom stereocenters. The number of hydrogen-bond acceptors (Lipinski definition) is 1. The smallest absolute Gasteiger partial charge is 0.103 e. The van der Waals surface area contributed by atoms with E-state index in [9.17, 15) is 0 Å². The number of nitrogens with zero attached hydrogens (tertiary/aromatic N) is 1. The lowest BCUT2D eigenvalue weighted by atomic mass is 10.1. The lowest BCUT2D eigenvalue weighted by molar-refractivity contribution is -0.927. The van der Waals surface area contributed by atoms with Crippen molar-refractivity contribution in [1.82, 2.24) is 0 Å². The van der Waals surface area contributed by atoms with Gasteiger partial charge in [-0.3, -0.25) is 0 Å². The van der Waals surface area contributed by atoms with Gasteiger partial charge in [-0.25, -0.2) is 0 Å². The van der Waals surface area contributed by atoms with Crippen LogP contribution in [-0.4, -0.2) is 6.54 Å². The van der Waals surface area contributed by atoms with Crippen LogP contribution in [0.25, 0.3) is 0 Å². The predicted molar refractivity (Wildman–Crippen MR) is 81.0 cm³/mol. The molecule has 0 aliphatic rings. The van der Waals surface area contributed by atoms with E-state index in [2.05, 4.69) is 66.7 Å². The molecule has 0 amide bonds. The van der Waals surface area contributed by atoms with Gasteiger partial charge in [0.15, 0.2) is 0 Å². The van der Waals surface area contributed by atoms with Crippen LogP contribution >= 0.6 is 0 Å². The molecule has 0 fully saturated rings. The van der Waals surface area contributed by atoms with Gasteiger partial charge in [0.05, 0.1) is 12.6 Å². The molecule has 1 N–H and O–H groups in total. The topological polar surface area (TPSA) is 28.2 Å². The van der Waals surface area contributed by atoms with E-state index in [4.69, 9.17) is 5.26 Å². The summed E-state index contributed by atoms with van der Waals surface area (Å²) in [5.41, 5.74) is 2.71. The average molecular weight is 265 g/mol. The van der Waals surface area contributed by atoms with Crippen LogP contribution in [0.15, 0.2) is 60.7 Å². The predicted octanol–water partition coefficient (Wildman–Crippen LogP) is 2.58. The Morgan fingerprint density at radius 3 is 1.75 bits per heavy atom. The van der Waals surface area contributed by atoms with Crippen molar-refractivity contribution in [1.29, 1.82) is 5.26 Å². The van der Waals surface area contributed by atoms with Gasteiger partial charge in [0.25, 0.3) is 0 Å². The molecule has 0 heterocycles. The molecular weight excluding hydrogens is 244 g/mol. The van der Waals surface area contributed by atoms with Gasteiger partial charge in [-0.1, -0.05) is 60.7 Å². The molecule has 2 nitrogen and oxygen atoms in total. The third kappa shape index (κ3) is 4.87. The highest BCUT2D eigenvalue weighted by molar-refractivity contribution is 5.14. The molecule has 0 spiro atoms. The first-order chi connectivity index (χ1) is 9.88. The molecule has 0 aliphatic heterocycles. The molecule has 2 heteroatoms. The highest BCUT2D eigenvalue weighted by Gasteiger charge is 2.10. The second-order valence-corrected chi connectivity index (χ2v) is 5.09. The minimum absolute atomic E-state index is 0.646. The lowest BCUT2D eigenvalue weighted by Crippen LogP contribution is -3.09. The highest BCUT2D eigenvalue weighted by Crippen LogP contribution is 1.99. The van der Waals surface area contributed by atoms with Crippen molar-refractivity contribution in [3.8, 4) is 6.07 Å². The minimum atomic E-state index is 0.646. The Bertz CT molecular complexity index is 487. The number of rotatable bonds is 7. The summed E-state index contributed by atoms with van der Waals surface area (Å²) < 4.78 is 0. The molecule has 0 radical (unpaired) electrons. The molecular formula is C18H21N2+. The van der Waals surface area contributed by atoms with Crippen LogP contribution in [0.4, 0.5) is 0 Å². The van der Waals surface area contributed by atoms with Gasteiger partial charge < -0.3 is 4.90 Å². The Morgan fingerprint density at radius 2 is 1.30 bits per heavy atom. The number of hydrogen-bond donors (Lipinski definition) is 1. The van der Waals surface area contributed by atoms with E-state index < -0.39 is 0 Å². The number of nitriles is 1. The summed E-state index contributed by atoms with van der Waals surface area (Å²) in [7, 11) is 0. The molecule has 20 heavy (non-hydrogen) atoms. The quantitative estimate of drug-likeness (QED) is 0.766. The zero-order valence-electron chi connectivity index (χ0n) is 11.8. The van der Waals surface area contributed by atoms with Crippen LogP contribution < -0.4 is 4.90 Å². The normalized spacial score (nSPS) is 10.4. The van der Waals surface area contributed by atoms with Gasteiger partial charge in [0.2, 0.25) is 0 Å². The number of nitrogens with one attached hydrogen (secondary N) is 1. The average Bonchev–Trinajstić information content (AvgIpc) is 2.49. The van der Waals surface area contributed by atoms with E-state index >= 15 is 0 Å². The molecule has 102 valence electrons. The molecule has 0 aromatic heterocycles. The summed E-state index contributed by atoms with van der Waals surface area (Å²) in [4.78, 5) is 1.51. The van der Waals surface area contributed by atoms with E-state index in [1.54, 1.807) is 0 Å². The maximum Gasteiger partial charge on any atom is 0.103 e. The Morgan fingerprint density at radius 1 is 0.800 bits per heavy atom. The standard InChI is InChI=1S/C18H20N2/c19-13-7-8-14-20(15-17-9-3-1-4-10-17)16-18-11-5-2-6-12-18/h1-6,9-12H,7-8,14-16H2/p+1. The van der Waals surface area contributed by atoms with E-state index in [0.717, 1.165) is 26.1 Å². The highest BCUT2D eigenvalue weighted by atomic mass is 15.1. The third-order valence-corrected chi connectivity index (χ3v) is 3.41. The van der Waals surface area contributed by atoms with Gasteiger partial charge in [-0.15, -0.1) is 0 Å². The number of unbranched alkanes of at least 4 members (excludes halogenated alkanes) is 1. The van der Waals surface area contributed by atoms with Crippen molar-refractivity contribution < 1.29 is 4.90 Å². The number of benzene rings is 2. The monoisotopic (exact) mass is 265 g/mol. The van der Waals surface area contributed by atoms with Crippen LogP contribution in [-0.2, 0) is 13.1 Å². The Labute approximate surface area is 121 Å². The van der Waals surface area contributed by atoms with Crippen molar-refractivity contribution in [2.75, 3.05) is 6.54 Å². The summed E-state index contributed by atoms with van der Waals surface area (Å²) >= 11 is 0. The van der Waals surface area contributed by atoms with Crippen molar-refractivity contribution in [2.24, 2.45) is 0 Å². The van der Waals surface area contributed by atoms with E-state index in [1.165, 1.54) is 16.0 Å². The summed E-state index contributed by atoms with van der Waals surface area (Å²) in [6.07, 6.45) is 1.61. The maximum atomic E-state index is 8.70. The molecule has 0 aliphatic carbocycles. The van der Waals surface area contributed by atoms with Gasteiger partial charge in [0.1, 0.15) is 13.1 Å². The molecule has 0 bridgehead atoms. The summed E-state index contributed by atoms with van der Waals surface area (Å²) in [5.74, 6) is 0. The number of quaternary nitrogens is 1. The Kier molecular flexibility index (Phi) is 5.82. The molecule has 0 unspecified atom stereocenters. The largest absolute Gasteiger partial charge is 0.327 e. The first-order valence-electron chi connectivity index (χ1n) is 7.17. The van der Waals surface area contributed by atoms with Crippen LogP contribution in [0.3, 0.4) is 0 Å². The summed E-state index contributed by atoms with van der Waals surface area (Å²) in [6, 6.07) is 23.4. The molecule has 0 saturated carbocycles. The molecule has 0 saturated heterocycles. The van der Waals surface area contributed by atoms with E-state index in [-0.39, 0.29) is 0 Å². The van der Waals surface area contributed by atoms with Gasteiger partial charge >= 0.3 is 0 Å². The maximum absolute atomic E-state index is 8.70. The first-order valence-corrected chi connectivity index (χ1v) is 7.17. The zero-order valence-corrected chi connectivity index (χ0v) is 11.8. The Balaban J connectivity index is 1.99. The molecule has 2 aromatic carbocycles. The van der Waals surface area contributed by atoms with Crippen LogP contribution in [0, 0.1) is 11.3 Å². The van der Waals surface area contributed by atoms with Crippen LogP contribution in [0.5, 0.6) is 0 Å². The minimum Gasteiger partial charge on any atom is -0.327 e. The fourth-order valence-electron chi connectivity index (χ4n) is 2.43. The van der Waals surface area contributed by atoms with Crippen molar-refractivity contribution in [3.05, 3.63) is 71.8 Å². The SMILES string of the molecule is N#CCCC[NH+](Cc1ccccc1)Cc1ccccc1. The summed E-state index contributed by atoms with van der Waals surface area (Å²) in [5, 5.41) is 8.70. The van der Waals surface area contributed by atoms with Gasteiger partial charge in [-0.05, 0) is 0 Å². The molecule has 2 aromatic rings.